The number of hydrogen-bond acceptors (Lipinski definition) is 5. The number of nitrogens with zero attached hydrogens (tertiary/aromatic N) is 3. The molecular formula is C21H31N5O. The number of piperidine rings is 1. The van der Waals surface area contributed by atoms with Gasteiger partial charge in [-0.05, 0) is 61.1 Å². The van der Waals surface area contributed by atoms with Crippen LogP contribution in [0.15, 0.2) is 36.7 Å². The first-order valence-electron chi connectivity index (χ1n) is 10.2. The topological polar surface area (TPSA) is 54.4 Å². The van der Waals surface area contributed by atoms with Crippen molar-refractivity contribution in [1.29, 1.82) is 0 Å². The molecule has 2 aliphatic rings. The molecule has 3 unspecified atom stereocenters. The predicted molar refractivity (Wildman–Crippen MR) is 107 cm³/mol. The summed E-state index contributed by atoms with van der Waals surface area (Å²) in [4.78, 5) is 2.60. The van der Waals surface area contributed by atoms with E-state index in [0.29, 0.717) is 12.0 Å². The highest BCUT2D eigenvalue weighted by atomic mass is 16.5. The van der Waals surface area contributed by atoms with E-state index in [1.807, 2.05) is 29.2 Å². The molecule has 0 radical (unpaired) electrons. The minimum atomic E-state index is 0.591. The van der Waals surface area contributed by atoms with Gasteiger partial charge in [-0.1, -0.05) is 13.3 Å². The monoisotopic (exact) mass is 369 g/mol. The molecule has 2 fully saturated rings. The summed E-state index contributed by atoms with van der Waals surface area (Å²) in [5.41, 5.74) is 9.34. The van der Waals surface area contributed by atoms with Crippen LogP contribution in [0.4, 0.5) is 0 Å². The van der Waals surface area contributed by atoms with Crippen LogP contribution < -0.4 is 15.6 Å². The molecule has 1 aromatic carbocycles. The Hall–Kier alpha value is -1.89. The summed E-state index contributed by atoms with van der Waals surface area (Å²) in [6.07, 6.45) is 7.65. The fourth-order valence-electron chi connectivity index (χ4n) is 4.67. The molecule has 27 heavy (non-hydrogen) atoms. The molecule has 3 heterocycles. The van der Waals surface area contributed by atoms with Gasteiger partial charge in [-0.15, -0.1) is 0 Å². The fourth-order valence-corrected chi connectivity index (χ4v) is 4.67. The zero-order valence-corrected chi connectivity index (χ0v) is 16.4. The maximum absolute atomic E-state index is 5.48. The van der Waals surface area contributed by atoms with E-state index in [2.05, 4.69) is 39.9 Å². The first-order valence-corrected chi connectivity index (χ1v) is 10.2. The molecule has 0 aliphatic carbocycles. The lowest BCUT2D eigenvalue weighted by Crippen LogP contribution is -2.46. The smallest absolute Gasteiger partial charge is 0.119 e. The molecule has 3 atom stereocenters. The molecule has 146 valence electrons. The Labute approximate surface area is 161 Å². The van der Waals surface area contributed by atoms with Crippen molar-refractivity contribution in [2.24, 2.45) is 11.8 Å². The van der Waals surface area contributed by atoms with E-state index in [4.69, 9.17) is 4.74 Å². The molecule has 0 bridgehead atoms. The van der Waals surface area contributed by atoms with Gasteiger partial charge in [-0.2, -0.15) is 5.10 Å². The van der Waals surface area contributed by atoms with E-state index in [1.165, 1.54) is 24.8 Å². The summed E-state index contributed by atoms with van der Waals surface area (Å²) in [5, 5.41) is 4.43. The van der Waals surface area contributed by atoms with Crippen molar-refractivity contribution < 1.29 is 4.74 Å². The SMILES string of the molecule is CCC1CNNC1C1CCCN(Cc2cc(OC)ccc2-n2cccn2)C1. The number of hydrazine groups is 1. The summed E-state index contributed by atoms with van der Waals surface area (Å²) in [5.74, 6) is 2.35. The Morgan fingerprint density at radius 1 is 1.33 bits per heavy atom. The van der Waals surface area contributed by atoms with Gasteiger partial charge in [0.15, 0.2) is 0 Å². The maximum Gasteiger partial charge on any atom is 0.119 e. The average Bonchev–Trinajstić information content (AvgIpc) is 3.40. The van der Waals surface area contributed by atoms with Gasteiger partial charge in [0.2, 0.25) is 0 Å². The Morgan fingerprint density at radius 2 is 2.26 bits per heavy atom. The number of rotatable bonds is 6. The average molecular weight is 370 g/mol. The van der Waals surface area contributed by atoms with Crippen LogP contribution in [0.25, 0.3) is 5.69 Å². The van der Waals surface area contributed by atoms with Gasteiger partial charge in [0.1, 0.15) is 5.75 Å². The lowest BCUT2D eigenvalue weighted by Gasteiger charge is -2.37. The second kappa shape index (κ2) is 8.42. The van der Waals surface area contributed by atoms with E-state index in [9.17, 15) is 0 Å². The molecule has 2 aromatic rings. The van der Waals surface area contributed by atoms with E-state index < -0.39 is 0 Å². The normalized spacial score (nSPS) is 26.4. The largest absolute Gasteiger partial charge is 0.497 e. The van der Waals surface area contributed by atoms with Crippen molar-refractivity contribution in [2.45, 2.75) is 38.8 Å². The lowest BCUT2D eigenvalue weighted by molar-refractivity contribution is 0.131. The minimum absolute atomic E-state index is 0.591. The van der Waals surface area contributed by atoms with Crippen LogP contribution in [0, 0.1) is 11.8 Å². The minimum Gasteiger partial charge on any atom is -0.497 e. The number of benzene rings is 1. The summed E-state index contributed by atoms with van der Waals surface area (Å²) in [6.45, 7) is 6.63. The number of likely N-dealkylation sites (tertiary alicyclic amines) is 1. The zero-order chi connectivity index (χ0) is 18.6. The van der Waals surface area contributed by atoms with Crippen molar-refractivity contribution in [3.8, 4) is 11.4 Å². The van der Waals surface area contributed by atoms with Gasteiger partial charge >= 0.3 is 0 Å². The third-order valence-corrected chi connectivity index (χ3v) is 6.15. The number of aromatic nitrogens is 2. The number of ether oxygens (including phenoxy) is 1. The van der Waals surface area contributed by atoms with E-state index in [0.717, 1.165) is 43.5 Å². The van der Waals surface area contributed by atoms with Gasteiger partial charge in [-0.3, -0.25) is 15.8 Å². The van der Waals surface area contributed by atoms with Crippen molar-refractivity contribution in [3.05, 3.63) is 42.2 Å². The van der Waals surface area contributed by atoms with Crippen molar-refractivity contribution in [3.63, 3.8) is 0 Å². The quantitative estimate of drug-likeness (QED) is 0.820. The van der Waals surface area contributed by atoms with Crippen molar-refractivity contribution in [2.75, 3.05) is 26.7 Å². The molecule has 1 aromatic heterocycles. The maximum atomic E-state index is 5.48. The van der Waals surface area contributed by atoms with Crippen LogP contribution >= 0.6 is 0 Å². The van der Waals surface area contributed by atoms with Gasteiger partial charge in [0.25, 0.3) is 0 Å². The van der Waals surface area contributed by atoms with E-state index >= 15 is 0 Å². The lowest BCUT2D eigenvalue weighted by atomic mass is 9.83. The van der Waals surface area contributed by atoms with Gasteiger partial charge in [0.05, 0.1) is 12.8 Å². The van der Waals surface area contributed by atoms with Crippen LogP contribution in [0.5, 0.6) is 5.75 Å². The molecule has 0 saturated carbocycles. The zero-order valence-electron chi connectivity index (χ0n) is 16.4. The van der Waals surface area contributed by atoms with Crippen LogP contribution in [0.1, 0.15) is 31.7 Å². The van der Waals surface area contributed by atoms with Crippen LogP contribution in [0.3, 0.4) is 0 Å². The summed E-state index contributed by atoms with van der Waals surface area (Å²) < 4.78 is 7.43. The van der Waals surface area contributed by atoms with Gasteiger partial charge in [-0.25, -0.2) is 4.68 Å². The Bertz CT molecular complexity index is 732. The van der Waals surface area contributed by atoms with E-state index in [1.54, 1.807) is 7.11 Å². The van der Waals surface area contributed by atoms with Gasteiger partial charge < -0.3 is 4.74 Å². The summed E-state index contributed by atoms with van der Waals surface area (Å²) in [6, 6.07) is 8.84. The number of methoxy groups -OCH3 is 1. The van der Waals surface area contributed by atoms with Gasteiger partial charge in [0, 0.05) is 38.1 Å². The summed E-state index contributed by atoms with van der Waals surface area (Å²) >= 11 is 0. The highest BCUT2D eigenvalue weighted by Crippen LogP contribution is 2.29. The molecule has 0 spiro atoms. The molecular weight excluding hydrogens is 338 g/mol. The Kier molecular flexibility index (Phi) is 5.76. The standard InChI is InChI=1S/C21H31N5O/c1-3-16-13-22-24-21(16)17-6-4-10-25(14-17)15-18-12-19(27-2)7-8-20(18)26-11-5-9-23-26/h5,7-9,11-12,16-17,21-22,24H,3-4,6,10,13-15H2,1-2H3. The first-order chi connectivity index (χ1) is 13.3. The number of hydrogen-bond donors (Lipinski definition) is 2. The van der Waals surface area contributed by atoms with Crippen molar-refractivity contribution in [1.82, 2.24) is 25.5 Å². The second-order valence-electron chi connectivity index (χ2n) is 7.80. The molecule has 2 saturated heterocycles. The predicted octanol–water partition coefficient (Wildman–Crippen LogP) is 2.60. The fraction of sp³-hybridized carbons (Fsp3) is 0.571. The third kappa shape index (κ3) is 4.03. The molecule has 2 aliphatic heterocycles. The number of nitrogens with one attached hydrogen (secondary N) is 2. The molecule has 6 heteroatoms. The van der Waals surface area contributed by atoms with E-state index in [-0.39, 0.29) is 0 Å². The van der Waals surface area contributed by atoms with Crippen LogP contribution in [-0.4, -0.2) is 47.5 Å². The Balaban J connectivity index is 1.51. The molecule has 2 N–H and O–H groups in total. The van der Waals surface area contributed by atoms with Crippen LogP contribution in [-0.2, 0) is 6.54 Å². The molecule has 6 nitrogen and oxygen atoms in total. The Morgan fingerprint density at radius 3 is 3.04 bits per heavy atom. The first kappa shape index (κ1) is 18.5. The highest BCUT2D eigenvalue weighted by molar-refractivity contribution is 5.45. The molecule has 4 rings (SSSR count). The second-order valence-corrected chi connectivity index (χ2v) is 7.80. The highest BCUT2D eigenvalue weighted by Gasteiger charge is 2.35. The van der Waals surface area contributed by atoms with Crippen LogP contribution in [0.2, 0.25) is 0 Å². The summed E-state index contributed by atoms with van der Waals surface area (Å²) in [7, 11) is 1.73. The van der Waals surface area contributed by atoms with Crippen molar-refractivity contribution >= 4 is 0 Å². The third-order valence-electron chi connectivity index (χ3n) is 6.15. The molecule has 0 amide bonds.